The fraction of sp³-hybridized carbons (Fsp3) is 0.947. The monoisotopic (exact) mass is 283 g/mol. The maximum Gasteiger partial charge on any atom is 0.0466 e. The second-order valence-electron chi connectivity index (χ2n) is 6.06. The van der Waals surface area contributed by atoms with Crippen molar-refractivity contribution in [2.75, 3.05) is 13.2 Å². The van der Waals surface area contributed by atoms with Crippen LogP contribution in [0.4, 0.5) is 0 Å². The van der Waals surface area contributed by atoms with Crippen LogP contribution in [0, 0.1) is 6.92 Å². The number of unbranched alkanes of at least 4 members (excludes halogenated alkanes) is 13. The van der Waals surface area contributed by atoms with Gasteiger partial charge in [-0.2, -0.15) is 0 Å². The van der Waals surface area contributed by atoms with Gasteiger partial charge in [0.25, 0.3) is 0 Å². The third-order valence-electron chi connectivity index (χ3n) is 3.89. The molecule has 1 radical (unpaired) electrons. The third-order valence-corrected chi connectivity index (χ3v) is 3.89. The van der Waals surface area contributed by atoms with Gasteiger partial charge in [-0.1, -0.05) is 97.3 Å². The molecule has 0 saturated heterocycles. The lowest BCUT2D eigenvalue weighted by Crippen LogP contribution is -1.95. The molecule has 0 aromatic carbocycles. The molecule has 0 aliphatic rings. The van der Waals surface area contributed by atoms with Gasteiger partial charge in [0, 0.05) is 13.2 Å². The van der Waals surface area contributed by atoms with E-state index in [0.717, 1.165) is 26.1 Å². The first-order chi connectivity index (χ1) is 9.91. The van der Waals surface area contributed by atoms with Crippen LogP contribution < -0.4 is 0 Å². The van der Waals surface area contributed by atoms with Crippen LogP contribution in [0.1, 0.15) is 103 Å². The molecule has 1 nitrogen and oxygen atoms in total. The summed E-state index contributed by atoms with van der Waals surface area (Å²) in [5, 5.41) is 0. The third kappa shape index (κ3) is 18.0. The van der Waals surface area contributed by atoms with Gasteiger partial charge in [0.05, 0.1) is 0 Å². The second kappa shape index (κ2) is 19.0. The van der Waals surface area contributed by atoms with Crippen molar-refractivity contribution in [2.45, 2.75) is 103 Å². The van der Waals surface area contributed by atoms with Gasteiger partial charge in [-0.3, -0.25) is 0 Å². The number of hydrogen-bond acceptors (Lipinski definition) is 1. The summed E-state index contributed by atoms with van der Waals surface area (Å²) in [6, 6.07) is 0. The summed E-state index contributed by atoms with van der Waals surface area (Å²) < 4.78 is 5.49. The highest BCUT2D eigenvalue weighted by molar-refractivity contribution is 4.50. The summed E-state index contributed by atoms with van der Waals surface area (Å²) in [5.74, 6) is 0. The van der Waals surface area contributed by atoms with E-state index in [-0.39, 0.29) is 0 Å². The smallest absolute Gasteiger partial charge is 0.0466 e. The minimum atomic E-state index is 0.940. The van der Waals surface area contributed by atoms with E-state index in [0.29, 0.717) is 0 Å². The van der Waals surface area contributed by atoms with Gasteiger partial charge in [-0.25, -0.2) is 0 Å². The molecule has 0 amide bonds. The van der Waals surface area contributed by atoms with Crippen LogP contribution in [0.15, 0.2) is 0 Å². The van der Waals surface area contributed by atoms with Gasteiger partial charge >= 0.3 is 0 Å². The van der Waals surface area contributed by atoms with Gasteiger partial charge in [0.2, 0.25) is 0 Å². The van der Waals surface area contributed by atoms with Crippen molar-refractivity contribution in [3.63, 3.8) is 0 Å². The molecule has 0 aliphatic carbocycles. The molecular weight excluding hydrogens is 244 g/mol. The van der Waals surface area contributed by atoms with E-state index in [1.165, 1.54) is 83.5 Å². The Morgan fingerprint density at radius 2 is 0.950 bits per heavy atom. The van der Waals surface area contributed by atoms with E-state index >= 15 is 0 Å². The molecule has 20 heavy (non-hydrogen) atoms. The van der Waals surface area contributed by atoms with Crippen molar-refractivity contribution in [2.24, 2.45) is 0 Å². The topological polar surface area (TPSA) is 9.23 Å². The predicted molar refractivity (Wildman–Crippen MR) is 91.1 cm³/mol. The molecular formula is C19H39O. The first kappa shape index (κ1) is 20.0. The zero-order valence-electron chi connectivity index (χ0n) is 14.1. The molecule has 0 aromatic heterocycles. The molecule has 121 valence electrons. The zero-order chi connectivity index (χ0) is 14.7. The average Bonchev–Trinajstić information content (AvgIpc) is 2.47. The van der Waals surface area contributed by atoms with Crippen LogP contribution in [-0.4, -0.2) is 13.2 Å². The van der Waals surface area contributed by atoms with Gasteiger partial charge in [0.1, 0.15) is 0 Å². The van der Waals surface area contributed by atoms with Crippen LogP contribution in [-0.2, 0) is 4.74 Å². The van der Waals surface area contributed by atoms with E-state index < -0.39 is 0 Å². The molecule has 0 aromatic rings. The van der Waals surface area contributed by atoms with Gasteiger partial charge < -0.3 is 4.74 Å². The van der Waals surface area contributed by atoms with E-state index in [9.17, 15) is 0 Å². The van der Waals surface area contributed by atoms with E-state index in [2.05, 4.69) is 13.8 Å². The van der Waals surface area contributed by atoms with Crippen molar-refractivity contribution >= 4 is 0 Å². The fourth-order valence-electron chi connectivity index (χ4n) is 2.57. The van der Waals surface area contributed by atoms with Crippen molar-refractivity contribution < 1.29 is 4.74 Å². The molecule has 0 heterocycles. The van der Waals surface area contributed by atoms with Gasteiger partial charge in [0.15, 0.2) is 0 Å². The number of rotatable bonds is 17. The number of ether oxygens (including phenoxy) is 1. The summed E-state index contributed by atoms with van der Waals surface area (Å²) in [6.45, 7) is 7.97. The highest BCUT2D eigenvalue weighted by Crippen LogP contribution is 2.12. The maximum absolute atomic E-state index is 5.49. The van der Waals surface area contributed by atoms with Crippen LogP contribution in [0.25, 0.3) is 0 Å². The zero-order valence-corrected chi connectivity index (χ0v) is 14.1. The normalized spacial score (nSPS) is 11.1. The number of hydrogen-bond donors (Lipinski definition) is 0. The molecule has 1 heteroatoms. The Kier molecular flexibility index (Phi) is 18.9. The molecule has 0 bridgehead atoms. The largest absolute Gasteiger partial charge is 0.381 e. The standard InChI is InChI=1S/C19H39O/c1-3-5-6-7-8-9-10-11-12-13-14-15-16-17-19-20-18-4-2/h1,3-19H2,2H3. The highest BCUT2D eigenvalue weighted by atomic mass is 16.5. The lowest BCUT2D eigenvalue weighted by atomic mass is 10.0. The Morgan fingerprint density at radius 1 is 0.550 bits per heavy atom. The summed E-state index contributed by atoms with van der Waals surface area (Å²) in [5.41, 5.74) is 0. The predicted octanol–water partition coefficient (Wildman–Crippen LogP) is 6.71. The molecule has 0 saturated carbocycles. The van der Waals surface area contributed by atoms with E-state index in [4.69, 9.17) is 4.74 Å². The quantitative estimate of drug-likeness (QED) is 0.270. The van der Waals surface area contributed by atoms with Crippen LogP contribution in [0.2, 0.25) is 0 Å². The Bertz CT molecular complexity index is 138. The van der Waals surface area contributed by atoms with Gasteiger partial charge in [-0.05, 0) is 12.8 Å². The molecule has 0 spiro atoms. The lowest BCUT2D eigenvalue weighted by molar-refractivity contribution is 0.130. The molecule has 0 fully saturated rings. The van der Waals surface area contributed by atoms with Crippen molar-refractivity contribution in [3.8, 4) is 0 Å². The molecule has 0 rings (SSSR count). The summed E-state index contributed by atoms with van der Waals surface area (Å²) >= 11 is 0. The van der Waals surface area contributed by atoms with E-state index in [1.54, 1.807) is 0 Å². The van der Waals surface area contributed by atoms with Gasteiger partial charge in [-0.15, -0.1) is 0 Å². The average molecular weight is 284 g/mol. The van der Waals surface area contributed by atoms with E-state index in [1.807, 2.05) is 0 Å². The lowest BCUT2D eigenvalue weighted by Gasteiger charge is -2.04. The Morgan fingerprint density at radius 3 is 1.35 bits per heavy atom. The maximum atomic E-state index is 5.49. The minimum absolute atomic E-state index is 0.940. The molecule has 0 N–H and O–H groups in total. The van der Waals surface area contributed by atoms with Crippen molar-refractivity contribution in [1.82, 2.24) is 0 Å². The second-order valence-corrected chi connectivity index (χ2v) is 6.06. The van der Waals surface area contributed by atoms with Crippen LogP contribution >= 0.6 is 0 Å². The van der Waals surface area contributed by atoms with Crippen LogP contribution in [0.3, 0.4) is 0 Å². The first-order valence-corrected chi connectivity index (χ1v) is 9.28. The summed E-state index contributed by atoms with van der Waals surface area (Å²) in [7, 11) is 0. The Labute approximate surface area is 128 Å². The molecule has 0 aliphatic heterocycles. The SMILES string of the molecule is [CH2]CCCCCCCCCCCCCCCOCCC. The minimum Gasteiger partial charge on any atom is -0.381 e. The molecule has 0 atom stereocenters. The first-order valence-electron chi connectivity index (χ1n) is 9.28. The highest BCUT2D eigenvalue weighted by Gasteiger charge is 1.94. The Balaban J connectivity index is 2.89. The molecule has 0 unspecified atom stereocenters. The van der Waals surface area contributed by atoms with Crippen molar-refractivity contribution in [1.29, 1.82) is 0 Å². The summed E-state index contributed by atoms with van der Waals surface area (Å²) in [4.78, 5) is 0. The summed E-state index contributed by atoms with van der Waals surface area (Å²) in [6.07, 6.45) is 20.5. The Hall–Kier alpha value is -0.0400. The fourth-order valence-corrected chi connectivity index (χ4v) is 2.57. The van der Waals surface area contributed by atoms with Crippen LogP contribution in [0.5, 0.6) is 0 Å². The van der Waals surface area contributed by atoms with Crippen molar-refractivity contribution in [3.05, 3.63) is 6.92 Å².